The Balaban J connectivity index is 1.83. The summed E-state index contributed by atoms with van der Waals surface area (Å²) in [6.07, 6.45) is 2.72. The molecule has 3 rings (SSSR count). The number of aliphatic hydroxyl groups excluding tert-OH is 2. The average molecular weight is 332 g/mol. The molecule has 0 aromatic carbocycles. The van der Waals surface area contributed by atoms with Gasteiger partial charge in [0.15, 0.2) is 0 Å². The summed E-state index contributed by atoms with van der Waals surface area (Å²) in [5.74, 6) is -0.561. The summed E-state index contributed by atoms with van der Waals surface area (Å²) in [6, 6.07) is 1.20. The van der Waals surface area contributed by atoms with E-state index in [0.717, 1.165) is 10.9 Å². The van der Waals surface area contributed by atoms with Crippen molar-refractivity contribution in [1.82, 2.24) is 20.2 Å². The van der Waals surface area contributed by atoms with Gasteiger partial charge in [0, 0.05) is 30.9 Å². The zero-order chi connectivity index (χ0) is 17.3. The van der Waals surface area contributed by atoms with Gasteiger partial charge in [-0.3, -0.25) is 9.59 Å². The van der Waals surface area contributed by atoms with Crippen molar-refractivity contribution in [2.45, 2.75) is 32.0 Å². The lowest BCUT2D eigenvalue weighted by Gasteiger charge is -2.33. The number of pyridine rings is 1. The van der Waals surface area contributed by atoms with Crippen molar-refractivity contribution in [3.8, 4) is 0 Å². The molecule has 0 spiro atoms. The van der Waals surface area contributed by atoms with Crippen LogP contribution in [-0.4, -0.2) is 62.2 Å². The Kier molecular flexibility index (Phi) is 4.50. The SMILES string of the molecule is CCC(C(=O)NCC(O)CO)N1Cc2ccnc3[nH]cc(c23)C1=O. The molecule has 2 amide bonds. The van der Waals surface area contributed by atoms with Crippen LogP contribution < -0.4 is 5.32 Å². The lowest BCUT2D eigenvalue weighted by molar-refractivity contribution is -0.126. The summed E-state index contributed by atoms with van der Waals surface area (Å²) in [6.45, 7) is 1.68. The van der Waals surface area contributed by atoms with Crippen molar-refractivity contribution in [1.29, 1.82) is 0 Å². The van der Waals surface area contributed by atoms with Crippen LogP contribution in [0.25, 0.3) is 11.0 Å². The van der Waals surface area contributed by atoms with E-state index in [0.29, 0.717) is 24.2 Å². The number of carbonyl (C=O) groups is 2. The topological polar surface area (TPSA) is 119 Å². The number of aromatic nitrogens is 2. The van der Waals surface area contributed by atoms with Crippen LogP contribution in [0.4, 0.5) is 0 Å². The van der Waals surface area contributed by atoms with E-state index >= 15 is 0 Å². The predicted octanol–water partition coefficient (Wildman–Crippen LogP) is -0.233. The molecule has 0 saturated carbocycles. The lowest BCUT2D eigenvalue weighted by Crippen LogP contribution is -2.51. The molecule has 1 aliphatic heterocycles. The molecule has 2 aromatic heterocycles. The predicted molar refractivity (Wildman–Crippen MR) is 86.1 cm³/mol. The van der Waals surface area contributed by atoms with Crippen molar-refractivity contribution in [3.05, 3.63) is 29.6 Å². The molecule has 128 valence electrons. The zero-order valence-electron chi connectivity index (χ0n) is 13.3. The van der Waals surface area contributed by atoms with Gasteiger partial charge in [0.1, 0.15) is 11.7 Å². The van der Waals surface area contributed by atoms with Crippen molar-refractivity contribution < 1.29 is 19.8 Å². The second-order valence-corrected chi connectivity index (χ2v) is 5.83. The number of amides is 2. The number of nitrogens with zero attached hydrogens (tertiary/aromatic N) is 2. The Morgan fingerprint density at radius 1 is 1.54 bits per heavy atom. The summed E-state index contributed by atoms with van der Waals surface area (Å²) in [4.78, 5) is 33.9. The second kappa shape index (κ2) is 6.58. The van der Waals surface area contributed by atoms with Crippen molar-refractivity contribution in [3.63, 3.8) is 0 Å². The maximum atomic E-state index is 12.8. The van der Waals surface area contributed by atoms with Crippen LogP contribution >= 0.6 is 0 Å². The van der Waals surface area contributed by atoms with E-state index in [2.05, 4.69) is 15.3 Å². The van der Waals surface area contributed by atoms with Crippen LogP contribution in [0.5, 0.6) is 0 Å². The highest BCUT2D eigenvalue weighted by molar-refractivity contribution is 6.10. The normalized spacial score (nSPS) is 16.3. The van der Waals surface area contributed by atoms with Crippen LogP contribution in [-0.2, 0) is 11.3 Å². The van der Waals surface area contributed by atoms with Crippen LogP contribution in [0.15, 0.2) is 18.5 Å². The second-order valence-electron chi connectivity index (χ2n) is 5.83. The molecule has 8 heteroatoms. The summed E-state index contributed by atoms with van der Waals surface area (Å²) < 4.78 is 0. The first-order valence-corrected chi connectivity index (χ1v) is 7.89. The van der Waals surface area contributed by atoms with Crippen molar-refractivity contribution in [2.75, 3.05) is 13.2 Å². The standard InChI is InChI=1S/C16H20N4O4/c1-2-12(15(23)19-5-10(22)8-21)20-7-9-3-4-17-14-13(9)11(6-18-14)16(20)24/h3-4,6,10,12,21-22H,2,5,7-8H2,1H3,(H,17,18)(H,19,23). The number of carbonyl (C=O) groups excluding carboxylic acids is 2. The quantitative estimate of drug-likeness (QED) is 0.582. The first-order chi connectivity index (χ1) is 11.6. The molecule has 2 aromatic rings. The number of rotatable bonds is 6. The van der Waals surface area contributed by atoms with Crippen LogP contribution in [0.3, 0.4) is 0 Å². The molecule has 1 aliphatic rings. The first-order valence-electron chi connectivity index (χ1n) is 7.89. The first kappa shape index (κ1) is 16.4. The van der Waals surface area contributed by atoms with Crippen molar-refractivity contribution >= 4 is 22.8 Å². The summed E-state index contributed by atoms with van der Waals surface area (Å²) >= 11 is 0. The van der Waals surface area contributed by atoms with E-state index in [1.807, 2.05) is 13.0 Å². The molecule has 0 bridgehead atoms. The van der Waals surface area contributed by atoms with Gasteiger partial charge < -0.3 is 25.4 Å². The van der Waals surface area contributed by atoms with E-state index in [9.17, 15) is 14.7 Å². The molecule has 3 heterocycles. The third-order valence-corrected chi connectivity index (χ3v) is 4.28. The van der Waals surface area contributed by atoms with Crippen LogP contribution in [0.2, 0.25) is 0 Å². The average Bonchev–Trinajstić information content (AvgIpc) is 3.03. The fourth-order valence-electron chi connectivity index (χ4n) is 3.03. The van der Waals surface area contributed by atoms with Gasteiger partial charge in [0.25, 0.3) is 5.91 Å². The Labute approximate surface area is 138 Å². The molecule has 0 saturated heterocycles. The molecule has 0 radical (unpaired) electrons. The molecule has 8 nitrogen and oxygen atoms in total. The fourth-order valence-corrected chi connectivity index (χ4v) is 3.03. The Morgan fingerprint density at radius 3 is 3.04 bits per heavy atom. The van der Waals surface area contributed by atoms with E-state index in [-0.39, 0.29) is 18.4 Å². The number of aliphatic hydroxyl groups is 2. The van der Waals surface area contributed by atoms with Gasteiger partial charge in [-0.15, -0.1) is 0 Å². The summed E-state index contributed by atoms with van der Waals surface area (Å²) in [5, 5.41) is 21.6. The zero-order valence-corrected chi connectivity index (χ0v) is 13.3. The van der Waals surface area contributed by atoms with Crippen molar-refractivity contribution in [2.24, 2.45) is 0 Å². The molecular formula is C16H20N4O4. The van der Waals surface area contributed by atoms with Gasteiger partial charge in [-0.25, -0.2) is 4.98 Å². The van der Waals surface area contributed by atoms with Gasteiger partial charge in [-0.05, 0) is 18.1 Å². The van der Waals surface area contributed by atoms with Gasteiger partial charge in [0.2, 0.25) is 5.91 Å². The molecule has 2 unspecified atom stereocenters. The number of hydrogen-bond acceptors (Lipinski definition) is 5. The molecule has 4 N–H and O–H groups in total. The van der Waals surface area contributed by atoms with Crippen LogP contribution in [0, 0.1) is 0 Å². The van der Waals surface area contributed by atoms with Gasteiger partial charge in [0.05, 0.1) is 18.3 Å². The number of nitrogens with one attached hydrogen (secondary N) is 2. The van der Waals surface area contributed by atoms with Gasteiger partial charge in [-0.1, -0.05) is 6.92 Å². The summed E-state index contributed by atoms with van der Waals surface area (Å²) in [7, 11) is 0. The lowest BCUT2D eigenvalue weighted by atomic mass is 10.00. The molecule has 24 heavy (non-hydrogen) atoms. The Hall–Kier alpha value is -2.45. The highest BCUT2D eigenvalue weighted by Gasteiger charge is 2.34. The molecule has 2 atom stereocenters. The third-order valence-electron chi connectivity index (χ3n) is 4.28. The maximum Gasteiger partial charge on any atom is 0.257 e. The Bertz CT molecular complexity index is 773. The van der Waals surface area contributed by atoms with E-state index in [4.69, 9.17) is 5.11 Å². The monoisotopic (exact) mass is 332 g/mol. The summed E-state index contributed by atoms with van der Waals surface area (Å²) in [5.41, 5.74) is 2.12. The molecular weight excluding hydrogens is 312 g/mol. The van der Waals surface area contributed by atoms with E-state index in [1.165, 1.54) is 4.90 Å². The van der Waals surface area contributed by atoms with E-state index < -0.39 is 18.8 Å². The van der Waals surface area contributed by atoms with E-state index in [1.54, 1.807) is 12.4 Å². The van der Waals surface area contributed by atoms with Gasteiger partial charge in [-0.2, -0.15) is 0 Å². The largest absolute Gasteiger partial charge is 0.394 e. The maximum absolute atomic E-state index is 12.8. The highest BCUT2D eigenvalue weighted by atomic mass is 16.3. The Morgan fingerprint density at radius 2 is 2.33 bits per heavy atom. The van der Waals surface area contributed by atoms with Crippen LogP contribution in [0.1, 0.15) is 29.3 Å². The number of aromatic amines is 1. The molecule has 0 aliphatic carbocycles. The highest BCUT2D eigenvalue weighted by Crippen LogP contribution is 2.30. The molecule has 0 fully saturated rings. The number of H-pyrrole nitrogens is 1. The minimum absolute atomic E-state index is 0.0528. The number of hydrogen-bond donors (Lipinski definition) is 4. The third kappa shape index (κ3) is 2.74. The smallest absolute Gasteiger partial charge is 0.257 e. The minimum Gasteiger partial charge on any atom is -0.394 e. The fraction of sp³-hybridized carbons (Fsp3) is 0.438. The minimum atomic E-state index is -1.01. The van der Waals surface area contributed by atoms with Gasteiger partial charge >= 0.3 is 0 Å².